The van der Waals surface area contributed by atoms with E-state index in [1.165, 1.54) is 12.4 Å². The van der Waals surface area contributed by atoms with Crippen molar-refractivity contribution in [1.29, 1.82) is 0 Å². The van der Waals surface area contributed by atoms with E-state index in [4.69, 9.17) is 0 Å². The molecule has 1 heterocycles. The number of anilines is 1. The minimum atomic E-state index is -0.425. The average Bonchev–Trinajstić information content (AvgIpc) is 2.72. The molecule has 0 aliphatic rings. The number of hydrogen-bond acceptors (Lipinski definition) is 5. The molecule has 0 aliphatic heterocycles. The van der Waals surface area contributed by atoms with E-state index in [2.05, 4.69) is 31.3 Å². The third-order valence-corrected chi connectivity index (χ3v) is 2.89. The number of nitro benzene ring substituents is 1. The maximum absolute atomic E-state index is 10.9. The Kier molecular flexibility index (Phi) is 3.56. The van der Waals surface area contributed by atoms with Crippen molar-refractivity contribution in [2.75, 3.05) is 5.32 Å². The SMILES string of the molecule is Cn1ncnc1CNc1cc(Br)ccc1[N+](=O)[O-]. The van der Waals surface area contributed by atoms with Crippen LogP contribution in [-0.4, -0.2) is 19.7 Å². The zero-order valence-corrected chi connectivity index (χ0v) is 11.1. The second-order valence-electron chi connectivity index (χ2n) is 3.57. The van der Waals surface area contributed by atoms with Crippen molar-refractivity contribution in [1.82, 2.24) is 14.8 Å². The lowest BCUT2D eigenvalue weighted by atomic mass is 10.2. The highest BCUT2D eigenvalue weighted by Gasteiger charge is 2.14. The van der Waals surface area contributed by atoms with Crippen LogP contribution < -0.4 is 5.32 Å². The van der Waals surface area contributed by atoms with Crippen LogP contribution in [-0.2, 0) is 13.6 Å². The van der Waals surface area contributed by atoms with Gasteiger partial charge in [-0.1, -0.05) is 15.9 Å². The Morgan fingerprint density at radius 2 is 2.33 bits per heavy atom. The van der Waals surface area contributed by atoms with Gasteiger partial charge in [-0.15, -0.1) is 0 Å². The van der Waals surface area contributed by atoms with Crippen molar-refractivity contribution in [2.24, 2.45) is 7.05 Å². The van der Waals surface area contributed by atoms with Crippen molar-refractivity contribution in [3.05, 3.63) is 44.9 Å². The predicted molar refractivity (Wildman–Crippen MR) is 69.1 cm³/mol. The van der Waals surface area contributed by atoms with Crippen molar-refractivity contribution < 1.29 is 4.92 Å². The smallest absolute Gasteiger partial charge is 0.292 e. The summed E-state index contributed by atoms with van der Waals surface area (Å²) in [5, 5.41) is 17.8. The van der Waals surface area contributed by atoms with Crippen LogP contribution >= 0.6 is 15.9 Å². The quantitative estimate of drug-likeness (QED) is 0.690. The molecule has 1 aromatic heterocycles. The summed E-state index contributed by atoms with van der Waals surface area (Å²) in [5.74, 6) is 0.698. The summed E-state index contributed by atoms with van der Waals surface area (Å²) in [5.41, 5.74) is 0.470. The van der Waals surface area contributed by atoms with E-state index in [0.717, 1.165) is 4.47 Å². The van der Waals surface area contributed by atoms with Gasteiger partial charge in [0, 0.05) is 17.6 Å². The molecular weight excluding hydrogens is 302 g/mol. The van der Waals surface area contributed by atoms with Gasteiger partial charge in [-0.05, 0) is 12.1 Å². The van der Waals surface area contributed by atoms with Crippen LogP contribution in [0.4, 0.5) is 11.4 Å². The molecule has 0 unspecified atom stereocenters. The second-order valence-corrected chi connectivity index (χ2v) is 4.49. The molecule has 0 saturated heterocycles. The van der Waals surface area contributed by atoms with Gasteiger partial charge in [0.05, 0.1) is 11.5 Å². The topological polar surface area (TPSA) is 85.9 Å². The molecule has 0 bridgehead atoms. The molecular formula is C10H10BrN5O2. The summed E-state index contributed by atoms with van der Waals surface area (Å²) < 4.78 is 2.38. The zero-order chi connectivity index (χ0) is 13.1. The normalized spacial score (nSPS) is 10.3. The number of rotatable bonds is 4. The molecule has 0 spiro atoms. The fraction of sp³-hybridized carbons (Fsp3) is 0.200. The first-order chi connectivity index (χ1) is 8.58. The van der Waals surface area contributed by atoms with Gasteiger partial charge in [0.2, 0.25) is 0 Å². The molecule has 18 heavy (non-hydrogen) atoms. The van der Waals surface area contributed by atoms with Crippen LogP contribution in [0.2, 0.25) is 0 Å². The van der Waals surface area contributed by atoms with Gasteiger partial charge in [-0.25, -0.2) is 4.98 Å². The largest absolute Gasteiger partial charge is 0.372 e. The van der Waals surface area contributed by atoms with Gasteiger partial charge in [-0.3, -0.25) is 14.8 Å². The summed E-state index contributed by atoms with van der Waals surface area (Å²) in [4.78, 5) is 14.5. The van der Waals surface area contributed by atoms with E-state index in [-0.39, 0.29) is 5.69 Å². The van der Waals surface area contributed by atoms with E-state index < -0.39 is 4.92 Å². The van der Waals surface area contributed by atoms with Gasteiger partial charge >= 0.3 is 0 Å². The summed E-state index contributed by atoms with van der Waals surface area (Å²) in [6.07, 6.45) is 1.44. The zero-order valence-electron chi connectivity index (χ0n) is 9.50. The molecule has 2 rings (SSSR count). The maximum Gasteiger partial charge on any atom is 0.292 e. The first-order valence-corrected chi connectivity index (χ1v) is 5.88. The van der Waals surface area contributed by atoms with Crippen LogP contribution in [0.25, 0.3) is 0 Å². The van der Waals surface area contributed by atoms with E-state index in [9.17, 15) is 10.1 Å². The average molecular weight is 312 g/mol. The molecule has 0 aliphatic carbocycles. The van der Waals surface area contributed by atoms with Gasteiger partial charge in [0.1, 0.15) is 17.8 Å². The molecule has 0 amide bonds. The monoisotopic (exact) mass is 311 g/mol. The summed E-state index contributed by atoms with van der Waals surface area (Å²) >= 11 is 3.28. The Morgan fingerprint density at radius 3 is 2.94 bits per heavy atom. The number of nitrogens with one attached hydrogen (secondary N) is 1. The Labute approximate surface area is 111 Å². The highest BCUT2D eigenvalue weighted by molar-refractivity contribution is 9.10. The van der Waals surface area contributed by atoms with Crippen molar-refractivity contribution >= 4 is 27.3 Å². The highest BCUT2D eigenvalue weighted by atomic mass is 79.9. The van der Waals surface area contributed by atoms with Crippen LogP contribution in [0, 0.1) is 10.1 Å². The van der Waals surface area contributed by atoms with Crippen LogP contribution in [0.15, 0.2) is 29.0 Å². The van der Waals surface area contributed by atoms with Crippen LogP contribution in [0.1, 0.15) is 5.82 Å². The van der Waals surface area contributed by atoms with Crippen LogP contribution in [0.5, 0.6) is 0 Å². The van der Waals surface area contributed by atoms with Crippen molar-refractivity contribution in [2.45, 2.75) is 6.54 Å². The highest BCUT2D eigenvalue weighted by Crippen LogP contribution is 2.28. The minimum absolute atomic E-state index is 0.0281. The molecule has 94 valence electrons. The van der Waals surface area contributed by atoms with Gasteiger partial charge < -0.3 is 5.32 Å². The number of hydrogen-bond donors (Lipinski definition) is 1. The molecule has 7 nitrogen and oxygen atoms in total. The van der Waals surface area contributed by atoms with E-state index in [1.54, 1.807) is 23.9 Å². The lowest BCUT2D eigenvalue weighted by molar-refractivity contribution is -0.384. The molecule has 0 atom stereocenters. The Morgan fingerprint density at radius 1 is 1.56 bits per heavy atom. The van der Waals surface area contributed by atoms with E-state index >= 15 is 0 Å². The van der Waals surface area contributed by atoms with Gasteiger partial charge in [0.15, 0.2) is 0 Å². The first-order valence-electron chi connectivity index (χ1n) is 5.08. The summed E-state index contributed by atoms with van der Waals surface area (Å²) in [6.45, 7) is 0.369. The molecule has 2 aromatic rings. The lowest BCUT2D eigenvalue weighted by Crippen LogP contribution is -2.08. The minimum Gasteiger partial charge on any atom is -0.372 e. The number of aryl methyl sites for hydroxylation is 1. The Bertz CT molecular complexity index is 583. The van der Waals surface area contributed by atoms with Gasteiger partial charge in [-0.2, -0.15) is 5.10 Å². The number of halogens is 1. The van der Waals surface area contributed by atoms with E-state index in [0.29, 0.717) is 18.1 Å². The fourth-order valence-electron chi connectivity index (χ4n) is 1.46. The molecule has 1 aromatic carbocycles. The molecule has 1 N–H and O–H groups in total. The molecule has 8 heteroatoms. The first kappa shape index (κ1) is 12.5. The molecule has 0 saturated carbocycles. The third-order valence-electron chi connectivity index (χ3n) is 2.40. The van der Waals surface area contributed by atoms with E-state index in [1.807, 2.05) is 0 Å². The molecule has 0 radical (unpaired) electrons. The predicted octanol–water partition coefficient (Wildman–Crippen LogP) is 2.10. The number of aromatic nitrogens is 3. The number of benzene rings is 1. The third kappa shape index (κ3) is 2.65. The Hall–Kier alpha value is -1.96. The van der Waals surface area contributed by atoms with Crippen molar-refractivity contribution in [3.63, 3.8) is 0 Å². The molecule has 0 fully saturated rings. The number of nitrogens with zero attached hydrogens (tertiary/aromatic N) is 4. The van der Waals surface area contributed by atoms with Gasteiger partial charge in [0.25, 0.3) is 5.69 Å². The lowest BCUT2D eigenvalue weighted by Gasteiger charge is -2.06. The standard InChI is InChI=1S/C10H10BrN5O2/c1-15-10(13-6-14-15)5-12-8-4-7(11)2-3-9(8)16(17)18/h2-4,6,12H,5H2,1H3. The maximum atomic E-state index is 10.9. The fourth-order valence-corrected chi connectivity index (χ4v) is 1.82. The summed E-state index contributed by atoms with van der Waals surface area (Å²) in [7, 11) is 1.76. The second kappa shape index (κ2) is 5.13. The van der Waals surface area contributed by atoms with Crippen molar-refractivity contribution in [3.8, 4) is 0 Å². The van der Waals surface area contributed by atoms with Crippen LogP contribution in [0.3, 0.4) is 0 Å². The Balaban J connectivity index is 2.20. The summed E-state index contributed by atoms with van der Waals surface area (Å²) in [6, 6.07) is 4.74. The number of nitro groups is 1.